The summed E-state index contributed by atoms with van der Waals surface area (Å²) in [6.45, 7) is 0. The van der Waals surface area contributed by atoms with Gasteiger partial charge in [0.2, 0.25) is 0 Å². The van der Waals surface area contributed by atoms with Crippen LogP contribution in [0.4, 0.5) is 0 Å². The number of hydrogen-bond donors (Lipinski definition) is 1. The van der Waals surface area contributed by atoms with Gasteiger partial charge in [-0.1, -0.05) is 36.4 Å². The zero-order chi connectivity index (χ0) is 11.8. The van der Waals surface area contributed by atoms with Crippen LogP contribution in [0.25, 0.3) is 10.8 Å². The molecule has 2 aromatic carbocycles. The van der Waals surface area contributed by atoms with Gasteiger partial charge in [0.1, 0.15) is 0 Å². The van der Waals surface area contributed by atoms with Crippen LogP contribution < -0.4 is 0 Å². The maximum Gasteiger partial charge on any atom is 0.310 e. The number of carboxylic acid groups (broad SMARTS) is 1. The highest BCUT2D eigenvalue weighted by atomic mass is 16.4. The van der Waals surface area contributed by atoms with Crippen molar-refractivity contribution in [3.05, 3.63) is 47.5 Å². The number of hydrogen-bond acceptors (Lipinski definition) is 1. The van der Waals surface area contributed by atoms with E-state index in [2.05, 4.69) is 12.1 Å². The molecule has 86 valence electrons. The molecule has 0 spiro atoms. The first-order valence-corrected chi connectivity index (χ1v) is 6.00. The predicted octanol–water partition coefficient (Wildman–Crippen LogP) is 3.34. The van der Waals surface area contributed by atoms with Crippen molar-refractivity contribution < 1.29 is 9.90 Å². The van der Waals surface area contributed by atoms with Crippen LogP contribution in [0.2, 0.25) is 0 Å². The van der Waals surface area contributed by atoms with Gasteiger partial charge in [-0.25, -0.2) is 0 Å². The van der Waals surface area contributed by atoms with Crippen molar-refractivity contribution in [3.63, 3.8) is 0 Å². The minimum absolute atomic E-state index is 0.316. The molecule has 1 aliphatic carbocycles. The Morgan fingerprint density at radius 2 is 2.00 bits per heavy atom. The lowest BCUT2D eigenvalue weighted by molar-refractivity contribution is -0.139. The van der Waals surface area contributed by atoms with Crippen LogP contribution in [0, 0.1) is 0 Å². The average Bonchev–Trinajstić information content (AvgIpc) is 2.37. The first-order valence-electron chi connectivity index (χ1n) is 6.00. The Labute approximate surface area is 99.9 Å². The van der Waals surface area contributed by atoms with E-state index in [0.29, 0.717) is 0 Å². The Kier molecular flexibility index (Phi) is 2.36. The van der Waals surface area contributed by atoms with E-state index in [9.17, 15) is 9.90 Å². The SMILES string of the molecule is O=C(O)C1CCCc2c1ccc1ccccc21. The third-order valence-corrected chi connectivity index (χ3v) is 3.67. The van der Waals surface area contributed by atoms with E-state index in [4.69, 9.17) is 0 Å². The molecule has 1 N–H and O–H groups in total. The number of carbonyl (C=O) groups is 1. The highest BCUT2D eigenvalue weighted by molar-refractivity contribution is 5.89. The number of aliphatic carboxylic acids is 1. The Morgan fingerprint density at radius 1 is 1.18 bits per heavy atom. The lowest BCUT2D eigenvalue weighted by Crippen LogP contribution is -2.18. The van der Waals surface area contributed by atoms with Gasteiger partial charge in [0, 0.05) is 0 Å². The number of aryl methyl sites for hydroxylation is 1. The third kappa shape index (κ3) is 1.60. The molecule has 1 aliphatic rings. The first kappa shape index (κ1) is 10.3. The van der Waals surface area contributed by atoms with Gasteiger partial charge in [-0.05, 0) is 41.2 Å². The summed E-state index contributed by atoms with van der Waals surface area (Å²) < 4.78 is 0. The largest absolute Gasteiger partial charge is 0.481 e. The monoisotopic (exact) mass is 226 g/mol. The van der Waals surface area contributed by atoms with Crippen molar-refractivity contribution >= 4 is 16.7 Å². The molecular weight excluding hydrogens is 212 g/mol. The number of carboxylic acids is 1. The van der Waals surface area contributed by atoms with Crippen LogP contribution in [0.3, 0.4) is 0 Å². The number of fused-ring (bicyclic) bond motifs is 3. The Balaban J connectivity index is 2.26. The zero-order valence-corrected chi connectivity index (χ0v) is 9.52. The van der Waals surface area contributed by atoms with Crippen LogP contribution >= 0.6 is 0 Å². The minimum Gasteiger partial charge on any atom is -0.481 e. The summed E-state index contributed by atoms with van der Waals surface area (Å²) in [5.41, 5.74) is 2.25. The fraction of sp³-hybridized carbons (Fsp3) is 0.267. The summed E-state index contributed by atoms with van der Waals surface area (Å²) in [7, 11) is 0. The molecule has 2 aromatic rings. The fourth-order valence-corrected chi connectivity index (χ4v) is 2.85. The van der Waals surface area contributed by atoms with E-state index < -0.39 is 5.97 Å². The molecule has 0 saturated carbocycles. The standard InChI is InChI=1S/C15H14O2/c16-15(17)14-7-3-6-12-11-5-2-1-4-10(11)8-9-13(12)14/h1-2,4-5,8-9,14H,3,6-7H2,(H,16,17). The maximum atomic E-state index is 11.3. The smallest absolute Gasteiger partial charge is 0.310 e. The summed E-state index contributed by atoms with van der Waals surface area (Å²) >= 11 is 0. The Morgan fingerprint density at radius 3 is 2.82 bits per heavy atom. The van der Waals surface area contributed by atoms with Crippen molar-refractivity contribution in [2.75, 3.05) is 0 Å². The molecule has 0 aromatic heterocycles. The fourth-order valence-electron chi connectivity index (χ4n) is 2.85. The van der Waals surface area contributed by atoms with Crippen molar-refractivity contribution in [3.8, 4) is 0 Å². The van der Waals surface area contributed by atoms with Crippen LogP contribution in [0.1, 0.15) is 29.9 Å². The van der Waals surface area contributed by atoms with Crippen molar-refractivity contribution in [2.24, 2.45) is 0 Å². The van der Waals surface area contributed by atoms with Crippen LogP contribution in [-0.2, 0) is 11.2 Å². The Hall–Kier alpha value is -1.83. The second-order valence-electron chi connectivity index (χ2n) is 4.64. The maximum absolute atomic E-state index is 11.3. The molecule has 0 amide bonds. The van der Waals surface area contributed by atoms with Gasteiger partial charge in [0.05, 0.1) is 5.92 Å². The van der Waals surface area contributed by atoms with Crippen LogP contribution in [0.5, 0.6) is 0 Å². The molecule has 2 heteroatoms. The molecule has 17 heavy (non-hydrogen) atoms. The summed E-state index contributed by atoms with van der Waals surface area (Å²) in [4.78, 5) is 11.3. The van der Waals surface area contributed by atoms with E-state index in [0.717, 1.165) is 24.8 Å². The highest BCUT2D eigenvalue weighted by Gasteiger charge is 2.26. The first-order chi connectivity index (χ1) is 8.27. The van der Waals surface area contributed by atoms with Gasteiger partial charge in [0.15, 0.2) is 0 Å². The molecule has 3 rings (SSSR count). The van der Waals surface area contributed by atoms with E-state index in [1.165, 1.54) is 16.3 Å². The number of benzene rings is 2. The molecule has 2 nitrogen and oxygen atoms in total. The lowest BCUT2D eigenvalue weighted by Gasteiger charge is -2.23. The summed E-state index contributed by atoms with van der Waals surface area (Å²) in [5.74, 6) is -1.01. The van der Waals surface area contributed by atoms with E-state index in [1.54, 1.807) is 0 Å². The molecule has 0 radical (unpaired) electrons. The van der Waals surface area contributed by atoms with Crippen LogP contribution in [0.15, 0.2) is 36.4 Å². The summed E-state index contributed by atoms with van der Waals surface area (Å²) in [5, 5.41) is 11.7. The second-order valence-corrected chi connectivity index (χ2v) is 4.64. The van der Waals surface area contributed by atoms with Gasteiger partial charge in [0.25, 0.3) is 0 Å². The normalized spacial score (nSPS) is 18.9. The Bertz CT molecular complexity index is 586. The zero-order valence-electron chi connectivity index (χ0n) is 9.52. The van der Waals surface area contributed by atoms with Gasteiger partial charge in [-0.2, -0.15) is 0 Å². The van der Waals surface area contributed by atoms with Crippen molar-refractivity contribution in [1.82, 2.24) is 0 Å². The molecule has 0 saturated heterocycles. The molecule has 0 heterocycles. The second kappa shape index (κ2) is 3.88. The van der Waals surface area contributed by atoms with Crippen LogP contribution in [-0.4, -0.2) is 11.1 Å². The molecule has 1 unspecified atom stereocenters. The predicted molar refractivity (Wildman–Crippen MR) is 67.3 cm³/mol. The quantitative estimate of drug-likeness (QED) is 0.809. The van der Waals surface area contributed by atoms with Crippen molar-refractivity contribution in [2.45, 2.75) is 25.2 Å². The van der Waals surface area contributed by atoms with E-state index in [-0.39, 0.29) is 5.92 Å². The number of rotatable bonds is 1. The van der Waals surface area contributed by atoms with E-state index >= 15 is 0 Å². The molecule has 0 aliphatic heterocycles. The molecule has 0 bridgehead atoms. The van der Waals surface area contributed by atoms with Gasteiger partial charge < -0.3 is 5.11 Å². The lowest BCUT2D eigenvalue weighted by atomic mass is 9.80. The highest BCUT2D eigenvalue weighted by Crippen LogP contribution is 2.35. The molecule has 0 fully saturated rings. The third-order valence-electron chi connectivity index (χ3n) is 3.67. The minimum atomic E-state index is -0.693. The molecule has 1 atom stereocenters. The topological polar surface area (TPSA) is 37.3 Å². The van der Waals surface area contributed by atoms with Gasteiger partial charge in [-0.15, -0.1) is 0 Å². The van der Waals surface area contributed by atoms with Gasteiger partial charge >= 0.3 is 5.97 Å². The molecular formula is C15H14O2. The van der Waals surface area contributed by atoms with Gasteiger partial charge in [-0.3, -0.25) is 4.79 Å². The van der Waals surface area contributed by atoms with Crippen molar-refractivity contribution in [1.29, 1.82) is 0 Å². The van der Waals surface area contributed by atoms with E-state index in [1.807, 2.05) is 24.3 Å². The average molecular weight is 226 g/mol. The summed E-state index contributed by atoms with van der Waals surface area (Å²) in [6, 6.07) is 12.3. The summed E-state index contributed by atoms with van der Waals surface area (Å²) in [6.07, 6.45) is 2.74.